The Labute approximate surface area is 199 Å². The van der Waals surface area contributed by atoms with Crippen LogP contribution in [0, 0.1) is 6.92 Å². The monoisotopic (exact) mass is 487 g/mol. The fourth-order valence-corrected chi connectivity index (χ4v) is 6.22. The van der Waals surface area contributed by atoms with Gasteiger partial charge in [-0.3, -0.25) is 9.69 Å². The third-order valence-electron chi connectivity index (χ3n) is 6.00. The van der Waals surface area contributed by atoms with Gasteiger partial charge in [-0.1, -0.05) is 23.5 Å². The minimum absolute atomic E-state index is 0.0404. The molecule has 9 heteroatoms. The summed E-state index contributed by atoms with van der Waals surface area (Å²) in [4.78, 5) is 20.2. The molecule has 0 radical (unpaired) electrons. The number of nitrogens with zero attached hydrogens (tertiary/aromatic N) is 3. The molecule has 0 spiro atoms. The van der Waals surface area contributed by atoms with Crippen LogP contribution in [0.4, 0.5) is 5.13 Å². The van der Waals surface area contributed by atoms with E-state index < -0.39 is 10.0 Å². The quantitative estimate of drug-likeness (QED) is 0.492. The fourth-order valence-electron chi connectivity index (χ4n) is 3.80. The Bertz CT molecular complexity index is 1250. The van der Waals surface area contributed by atoms with Crippen LogP contribution < -0.4 is 4.90 Å². The van der Waals surface area contributed by atoms with Crippen molar-refractivity contribution in [2.75, 3.05) is 25.1 Å². The summed E-state index contributed by atoms with van der Waals surface area (Å²) in [7, 11) is -2.06. The number of amides is 1. The normalized spacial score (nSPS) is 16.7. The summed E-state index contributed by atoms with van der Waals surface area (Å²) in [6.07, 6.45) is 1.83. The topological polar surface area (TPSA) is 79.8 Å². The lowest BCUT2D eigenvalue weighted by Gasteiger charge is -2.23. The number of ether oxygens (including phenoxy) is 1. The number of carbonyl (C=O) groups is 1. The Morgan fingerprint density at radius 2 is 1.94 bits per heavy atom. The van der Waals surface area contributed by atoms with Gasteiger partial charge in [-0.15, -0.1) is 0 Å². The lowest BCUT2D eigenvalue weighted by Crippen LogP contribution is -2.37. The number of anilines is 1. The van der Waals surface area contributed by atoms with Crippen molar-refractivity contribution >= 4 is 42.6 Å². The van der Waals surface area contributed by atoms with E-state index in [0.717, 1.165) is 28.6 Å². The lowest BCUT2D eigenvalue weighted by molar-refractivity contribution is 0.0917. The predicted octanol–water partition coefficient (Wildman–Crippen LogP) is 4.46. The molecule has 1 fully saturated rings. The van der Waals surface area contributed by atoms with Crippen LogP contribution in [0.15, 0.2) is 47.4 Å². The molecular weight excluding hydrogens is 458 g/mol. The molecule has 1 amide bonds. The maximum Gasteiger partial charge on any atom is 0.260 e. The number of hydrogen-bond donors (Lipinski definition) is 0. The SMILES string of the molecule is Cc1cccc2sc(N(CC3CCCO3)C(=O)c3ccc(S(=O)(=O)N(C)C(C)C)cc3)nc12. The van der Waals surface area contributed by atoms with Crippen LogP contribution in [0.1, 0.15) is 42.6 Å². The number of benzene rings is 2. The van der Waals surface area contributed by atoms with Crippen LogP contribution >= 0.6 is 11.3 Å². The molecule has 2 heterocycles. The van der Waals surface area contributed by atoms with E-state index in [2.05, 4.69) is 0 Å². The Hall–Kier alpha value is -2.33. The fraction of sp³-hybridized carbons (Fsp3) is 0.417. The number of rotatable bonds is 7. The van der Waals surface area contributed by atoms with E-state index in [-0.39, 0.29) is 22.9 Å². The smallest absolute Gasteiger partial charge is 0.260 e. The van der Waals surface area contributed by atoms with Crippen LogP contribution in [0.2, 0.25) is 0 Å². The number of fused-ring (bicyclic) bond motifs is 1. The summed E-state index contributed by atoms with van der Waals surface area (Å²) >= 11 is 1.48. The first-order chi connectivity index (χ1) is 15.7. The van der Waals surface area contributed by atoms with Crippen molar-refractivity contribution in [3.63, 3.8) is 0 Å². The summed E-state index contributed by atoms with van der Waals surface area (Å²) < 4.78 is 33.7. The highest BCUT2D eigenvalue weighted by Gasteiger charge is 2.28. The number of aromatic nitrogens is 1. The molecule has 176 valence electrons. The Morgan fingerprint density at radius 1 is 1.21 bits per heavy atom. The largest absolute Gasteiger partial charge is 0.376 e. The highest BCUT2D eigenvalue weighted by Crippen LogP contribution is 2.32. The molecule has 3 aromatic rings. The van der Waals surface area contributed by atoms with E-state index in [9.17, 15) is 13.2 Å². The van der Waals surface area contributed by atoms with Crippen LogP contribution in [-0.2, 0) is 14.8 Å². The minimum atomic E-state index is -3.62. The zero-order valence-electron chi connectivity index (χ0n) is 19.3. The van der Waals surface area contributed by atoms with Gasteiger partial charge in [0.2, 0.25) is 10.0 Å². The minimum Gasteiger partial charge on any atom is -0.376 e. The van der Waals surface area contributed by atoms with Gasteiger partial charge >= 0.3 is 0 Å². The third-order valence-corrected chi connectivity index (χ3v) is 9.09. The second-order valence-electron chi connectivity index (χ2n) is 8.61. The van der Waals surface area contributed by atoms with Crippen molar-refractivity contribution in [3.8, 4) is 0 Å². The second-order valence-corrected chi connectivity index (χ2v) is 11.6. The van der Waals surface area contributed by atoms with Crippen molar-refractivity contribution in [2.45, 2.75) is 50.7 Å². The molecule has 1 saturated heterocycles. The molecule has 1 unspecified atom stereocenters. The summed E-state index contributed by atoms with van der Waals surface area (Å²) in [6, 6.07) is 12.0. The van der Waals surface area contributed by atoms with Gasteiger partial charge in [0.25, 0.3) is 5.91 Å². The van der Waals surface area contributed by atoms with Gasteiger partial charge in [0.1, 0.15) is 0 Å². The number of aryl methyl sites for hydroxylation is 1. The Morgan fingerprint density at radius 3 is 2.55 bits per heavy atom. The highest BCUT2D eigenvalue weighted by atomic mass is 32.2. The van der Waals surface area contributed by atoms with Crippen molar-refractivity contribution in [1.29, 1.82) is 0 Å². The van der Waals surface area contributed by atoms with Gasteiger partial charge in [0.05, 0.1) is 27.8 Å². The van der Waals surface area contributed by atoms with Gasteiger partial charge in [-0.2, -0.15) is 4.31 Å². The highest BCUT2D eigenvalue weighted by molar-refractivity contribution is 7.89. The number of carbonyl (C=O) groups excluding carboxylic acids is 1. The van der Waals surface area contributed by atoms with E-state index in [4.69, 9.17) is 9.72 Å². The predicted molar refractivity (Wildman–Crippen MR) is 132 cm³/mol. The van der Waals surface area contributed by atoms with Gasteiger partial charge in [-0.25, -0.2) is 13.4 Å². The first-order valence-electron chi connectivity index (χ1n) is 11.1. The second kappa shape index (κ2) is 9.50. The maximum absolute atomic E-state index is 13.6. The molecule has 1 aromatic heterocycles. The number of hydrogen-bond acceptors (Lipinski definition) is 6. The van der Waals surface area contributed by atoms with E-state index in [1.54, 1.807) is 24.1 Å². The summed E-state index contributed by atoms with van der Waals surface area (Å²) in [5.41, 5.74) is 2.36. The van der Waals surface area contributed by atoms with E-state index in [1.807, 2.05) is 39.0 Å². The molecule has 0 aliphatic carbocycles. The summed E-state index contributed by atoms with van der Waals surface area (Å²) in [5.74, 6) is -0.219. The number of sulfonamides is 1. The van der Waals surface area contributed by atoms with Crippen molar-refractivity contribution in [2.24, 2.45) is 0 Å². The molecule has 0 bridgehead atoms. The molecule has 4 rings (SSSR count). The van der Waals surface area contributed by atoms with Crippen LogP contribution in [-0.4, -0.2) is 56.0 Å². The number of thiazole rings is 1. The zero-order chi connectivity index (χ0) is 23.8. The van der Waals surface area contributed by atoms with Crippen molar-refractivity contribution in [3.05, 3.63) is 53.6 Å². The molecule has 0 saturated carbocycles. The average molecular weight is 488 g/mol. The van der Waals surface area contributed by atoms with Gasteiger partial charge in [-0.05, 0) is 69.5 Å². The number of para-hydroxylation sites is 1. The van der Waals surface area contributed by atoms with Gasteiger partial charge in [0, 0.05) is 25.3 Å². The Balaban J connectivity index is 1.67. The van der Waals surface area contributed by atoms with Crippen LogP contribution in [0.5, 0.6) is 0 Å². The van der Waals surface area contributed by atoms with Crippen molar-refractivity contribution < 1.29 is 17.9 Å². The lowest BCUT2D eigenvalue weighted by atomic mass is 10.2. The van der Waals surface area contributed by atoms with E-state index in [0.29, 0.717) is 23.8 Å². The van der Waals surface area contributed by atoms with Gasteiger partial charge in [0.15, 0.2) is 5.13 Å². The first kappa shape index (κ1) is 23.8. The first-order valence-corrected chi connectivity index (χ1v) is 13.3. The molecule has 33 heavy (non-hydrogen) atoms. The van der Waals surface area contributed by atoms with E-state index >= 15 is 0 Å². The van der Waals surface area contributed by atoms with Crippen molar-refractivity contribution in [1.82, 2.24) is 9.29 Å². The molecule has 2 aromatic carbocycles. The third kappa shape index (κ3) is 4.82. The standard InChI is InChI=1S/C24H29N3O4S2/c1-16(2)26(4)33(29,30)20-12-10-18(11-13-20)23(28)27(15-19-8-6-14-31-19)24-25-22-17(3)7-5-9-21(22)32-24/h5,7,9-13,16,19H,6,8,14-15H2,1-4H3. The van der Waals surface area contributed by atoms with E-state index in [1.165, 1.54) is 27.8 Å². The summed E-state index contributed by atoms with van der Waals surface area (Å²) in [5, 5.41) is 0.621. The molecule has 1 aliphatic heterocycles. The molecular formula is C24H29N3O4S2. The van der Waals surface area contributed by atoms with Gasteiger partial charge < -0.3 is 4.74 Å². The summed E-state index contributed by atoms with van der Waals surface area (Å²) in [6.45, 7) is 6.75. The maximum atomic E-state index is 13.6. The molecule has 1 atom stereocenters. The van der Waals surface area contributed by atoms with Crippen LogP contribution in [0.3, 0.4) is 0 Å². The zero-order valence-corrected chi connectivity index (χ0v) is 20.9. The molecule has 0 N–H and O–H groups in total. The van der Waals surface area contributed by atoms with Crippen LogP contribution in [0.25, 0.3) is 10.2 Å². The molecule has 1 aliphatic rings. The Kier molecular flexibility index (Phi) is 6.86. The molecule has 7 nitrogen and oxygen atoms in total. The average Bonchev–Trinajstić information content (AvgIpc) is 3.47.